The number of halogens is 1. The number of para-hydroxylation sites is 1. The molecule has 2 N–H and O–H groups in total. The van der Waals surface area contributed by atoms with E-state index >= 15 is 0 Å². The van der Waals surface area contributed by atoms with Crippen LogP contribution in [0.2, 0.25) is 5.02 Å². The van der Waals surface area contributed by atoms with Gasteiger partial charge in [-0.3, -0.25) is 4.98 Å². The zero-order chi connectivity index (χ0) is 19.0. The van der Waals surface area contributed by atoms with E-state index in [4.69, 9.17) is 11.6 Å². The average molecular weight is 380 g/mol. The van der Waals surface area contributed by atoms with Crippen LogP contribution in [0.4, 0.5) is 11.4 Å². The Kier molecular flexibility index (Phi) is 4.52. The summed E-state index contributed by atoms with van der Waals surface area (Å²) in [6.45, 7) is 4.42. The van der Waals surface area contributed by atoms with Gasteiger partial charge in [0.1, 0.15) is 6.29 Å². The third-order valence-electron chi connectivity index (χ3n) is 5.19. The Hall–Kier alpha value is -2.59. The minimum atomic E-state index is -0.152. The van der Waals surface area contributed by atoms with Gasteiger partial charge in [0.15, 0.2) is 0 Å². The normalized spacial score (nSPS) is 18.0. The van der Waals surface area contributed by atoms with Gasteiger partial charge in [-0.1, -0.05) is 37.6 Å². The minimum absolute atomic E-state index is 0.0700. The van der Waals surface area contributed by atoms with Gasteiger partial charge >= 0.3 is 0 Å². The lowest BCUT2D eigenvalue weighted by atomic mass is 9.71. The Morgan fingerprint density at radius 3 is 2.67 bits per heavy atom. The van der Waals surface area contributed by atoms with Crippen molar-refractivity contribution in [1.82, 2.24) is 9.97 Å². The van der Waals surface area contributed by atoms with E-state index in [0.29, 0.717) is 5.02 Å². The number of aromatic nitrogens is 2. The van der Waals surface area contributed by atoms with Crippen LogP contribution in [0.3, 0.4) is 0 Å². The molecule has 2 heterocycles. The molecule has 138 valence electrons. The van der Waals surface area contributed by atoms with Gasteiger partial charge in [0, 0.05) is 35.1 Å². The van der Waals surface area contributed by atoms with Crippen molar-refractivity contribution in [1.29, 1.82) is 0 Å². The molecule has 4 rings (SSSR count). The van der Waals surface area contributed by atoms with Gasteiger partial charge in [0.2, 0.25) is 0 Å². The van der Waals surface area contributed by atoms with E-state index in [2.05, 4.69) is 29.1 Å². The number of aromatic amines is 1. The number of fused-ring (bicyclic) bond motifs is 1. The number of nitrogens with one attached hydrogen (secondary N) is 2. The molecule has 27 heavy (non-hydrogen) atoms. The van der Waals surface area contributed by atoms with Gasteiger partial charge in [-0.25, -0.2) is 0 Å². The predicted molar refractivity (Wildman–Crippen MR) is 110 cm³/mol. The van der Waals surface area contributed by atoms with Crippen molar-refractivity contribution in [2.24, 2.45) is 5.41 Å². The van der Waals surface area contributed by atoms with Crippen molar-refractivity contribution in [3.8, 4) is 11.3 Å². The van der Waals surface area contributed by atoms with Gasteiger partial charge in [-0.15, -0.1) is 0 Å². The van der Waals surface area contributed by atoms with E-state index in [-0.39, 0.29) is 11.3 Å². The first-order valence-corrected chi connectivity index (χ1v) is 9.48. The van der Waals surface area contributed by atoms with Crippen molar-refractivity contribution < 1.29 is 4.79 Å². The number of carbonyl (C=O) groups is 1. The highest BCUT2D eigenvalue weighted by Crippen LogP contribution is 2.48. The maximum atomic E-state index is 12.0. The van der Waals surface area contributed by atoms with Crippen molar-refractivity contribution in [3.05, 3.63) is 65.1 Å². The monoisotopic (exact) mass is 379 g/mol. The molecule has 2 aromatic heterocycles. The number of rotatable bonds is 4. The van der Waals surface area contributed by atoms with Crippen molar-refractivity contribution in [3.63, 3.8) is 0 Å². The van der Waals surface area contributed by atoms with E-state index in [1.165, 1.54) is 0 Å². The van der Waals surface area contributed by atoms with Crippen LogP contribution in [0.1, 0.15) is 37.4 Å². The van der Waals surface area contributed by atoms with Gasteiger partial charge in [0.05, 0.1) is 22.1 Å². The summed E-state index contributed by atoms with van der Waals surface area (Å²) >= 11 is 6.39. The number of H-pyrrole nitrogens is 1. The largest absolute Gasteiger partial charge is 0.356 e. The molecule has 0 fully saturated rings. The Bertz CT molecular complexity index is 978. The van der Waals surface area contributed by atoms with E-state index in [9.17, 15) is 4.79 Å². The lowest BCUT2D eigenvalue weighted by Crippen LogP contribution is -2.26. The van der Waals surface area contributed by atoms with Crippen LogP contribution < -0.4 is 5.32 Å². The van der Waals surface area contributed by atoms with Crippen LogP contribution in [0.5, 0.6) is 0 Å². The van der Waals surface area contributed by atoms with Crippen LogP contribution >= 0.6 is 11.6 Å². The first kappa shape index (κ1) is 17.8. The Balaban J connectivity index is 1.91. The molecule has 0 radical (unpaired) electrons. The topological polar surface area (TPSA) is 57.8 Å². The first-order chi connectivity index (χ1) is 13.0. The number of anilines is 2. The Labute approximate surface area is 164 Å². The molecule has 1 atom stereocenters. The molecule has 1 aromatic carbocycles. The molecule has 5 heteroatoms. The summed E-state index contributed by atoms with van der Waals surface area (Å²) in [7, 11) is 0. The van der Waals surface area contributed by atoms with Gasteiger partial charge in [-0.05, 0) is 42.5 Å². The maximum absolute atomic E-state index is 12.0. The van der Waals surface area contributed by atoms with Gasteiger partial charge in [-0.2, -0.15) is 0 Å². The van der Waals surface area contributed by atoms with E-state index in [1.54, 1.807) is 12.4 Å². The number of nitrogens with zero attached hydrogens (tertiary/aromatic N) is 1. The molecule has 0 spiro atoms. The van der Waals surface area contributed by atoms with Gasteiger partial charge < -0.3 is 15.1 Å². The minimum Gasteiger partial charge on any atom is -0.356 e. The fourth-order valence-electron chi connectivity index (χ4n) is 4.04. The second-order valence-electron chi connectivity index (χ2n) is 7.90. The summed E-state index contributed by atoms with van der Waals surface area (Å²) in [5, 5.41) is 4.14. The number of pyridine rings is 1. The zero-order valence-electron chi connectivity index (χ0n) is 15.4. The second-order valence-corrected chi connectivity index (χ2v) is 8.30. The summed E-state index contributed by atoms with van der Waals surface area (Å²) in [5.41, 5.74) is 5.98. The van der Waals surface area contributed by atoms with Crippen LogP contribution in [0, 0.1) is 5.41 Å². The molecule has 1 aliphatic carbocycles. The highest BCUT2D eigenvalue weighted by molar-refractivity contribution is 6.33. The summed E-state index contributed by atoms with van der Waals surface area (Å²) in [6.07, 6.45) is 6.34. The molecule has 4 nitrogen and oxygen atoms in total. The highest BCUT2D eigenvalue weighted by atomic mass is 35.5. The lowest BCUT2D eigenvalue weighted by molar-refractivity contribution is -0.109. The van der Waals surface area contributed by atoms with E-state index in [1.807, 2.05) is 36.4 Å². The van der Waals surface area contributed by atoms with Crippen LogP contribution in [0.15, 0.2) is 48.8 Å². The van der Waals surface area contributed by atoms with Crippen LogP contribution in [-0.2, 0) is 11.2 Å². The summed E-state index contributed by atoms with van der Waals surface area (Å²) in [6, 6.07) is 11.6. The van der Waals surface area contributed by atoms with Crippen LogP contribution in [-0.4, -0.2) is 16.3 Å². The summed E-state index contributed by atoms with van der Waals surface area (Å²) < 4.78 is 0. The van der Waals surface area contributed by atoms with Crippen molar-refractivity contribution >= 4 is 29.3 Å². The molecular weight excluding hydrogens is 358 g/mol. The quantitative estimate of drug-likeness (QED) is 0.569. The average Bonchev–Trinajstić information content (AvgIpc) is 3.00. The number of carbonyl (C=O) groups excluding carboxylic acids is 1. The van der Waals surface area contributed by atoms with E-state index in [0.717, 1.165) is 53.0 Å². The standard InChI is InChI=1S/C22H22ClN3O/c1-22(2)11-15(13-27)19-18(12-22)26-20(14-7-9-24-10-8-14)21(19)25-17-6-4-3-5-16(17)23/h3-10,13,15,25-26H,11-12H2,1-2H3. The summed E-state index contributed by atoms with van der Waals surface area (Å²) in [5.74, 6) is -0.152. The molecule has 0 saturated heterocycles. The Morgan fingerprint density at radius 1 is 1.22 bits per heavy atom. The summed E-state index contributed by atoms with van der Waals surface area (Å²) in [4.78, 5) is 19.7. The smallest absolute Gasteiger partial charge is 0.127 e. The van der Waals surface area contributed by atoms with Gasteiger partial charge in [0.25, 0.3) is 0 Å². The molecule has 0 aliphatic heterocycles. The fourth-order valence-corrected chi connectivity index (χ4v) is 4.22. The maximum Gasteiger partial charge on any atom is 0.127 e. The lowest BCUT2D eigenvalue weighted by Gasteiger charge is -2.33. The number of hydrogen-bond donors (Lipinski definition) is 2. The molecular formula is C22H22ClN3O. The van der Waals surface area contributed by atoms with Crippen molar-refractivity contribution in [2.75, 3.05) is 5.32 Å². The third kappa shape index (κ3) is 3.37. The number of hydrogen-bond acceptors (Lipinski definition) is 3. The number of aldehydes is 1. The van der Waals surface area contributed by atoms with Crippen molar-refractivity contribution in [2.45, 2.75) is 32.6 Å². The molecule has 0 saturated carbocycles. The third-order valence-corrected chi connectivity index (χ3v) is 5.52. The number of benzene rings is 1. The molecule has 0 amide bonds. The van der Waals surface area contributed by atoms with Crippen LogP contribution in [0.25, 0.3) is 11.3 Å². The fraction of sp³-hybridized carbons (Fsp3) is 0.273. The zero-order valence-corrected chi connectivity index (χ0v) is 16.2. The molecule has 1 aliphatic rings. The highest BCUT2D eigenvalue weighted by Gasteiger charge is 2.36. The second kappa shape index (κ2) is 6.86. The first-order valence-electron chi connectivity index (χ1n) is 9.10. The SMILES string of the molecule is CC1(C)Cc2[nH]c(-c3ccncc3)c(Nc3ccccc3Cl)c2C(C=O)C1. The molecule has 1 unspecified atom stereocenters. The molecule has 0 bridgehead atoms. The van der Waals surface area contributed by atoms with E-state index < -0.39 is 0 Å². The Morgan fingerprint density at radius 2 is 1.96 bits per heavy atom. The predicted octanol–water partition coefficient (Wildman–Crippen LogP) is 5.73. The molecule has 3 aromatic rings.